The molecule has 0 rings (SSSR count). The Bertz CT molecular complexity index is 151. The van der Waals surface area contributed by atoms with Crippen molar-refractivity contribution in [1.29, 1.82) is 0 Å². The SMILES string of the molecule is COCC(NC(=O)CCCl)C(C)C. The zero-order valence-electron chi connectivity index (χ0n) is 8.47. The minimum atomic E-state index is -0.00856. The number of hydrogen-bond donors (Lipinski definition) is 1. The van der Waals surface area contributed by atoms with Gasteiger partial charge < -0.3 is 10.1 Å². The normalized spacial score (nSPS) is 13.0. The van der Waals surface area contributed by atoms with Gasteiger partial charge in [0.15, 0.2) is 0 Å². The van der Waals surface area contributed by atoms with Crippen molar-refractivity contribution in [1.82, 2.24) is 5.32 Å². The minimum Gasteiger partial charge on any atom is -0.383 e. The summed E-state index contributed by atoms with van der Waals surface area (Å²) in [5.41, 5.74) is 0. The number of nitrogens with one attached hydrogen (secondary N) is 1. The maximum absolute atomic E-state index is 11.2. The summed E-state index contributed by atoms with van der Waals surface area (Å²) < 4.78 is 5.00. The van der Waals surface area contributed by atoms with E-state index in [9.17, 15) is 4.79 Å². The van der Waals surface area contributed by atoms with E-state index in [1.807, 2.05) is 13.8 Å². The van der Waals surface area contributed by atoms with E-state index in [0.29, 0.717) is 24.8 Å². The van der Waals surface area contributed by atoms with Crippen LogP contribution >= 0.6 is 11.6 Å². The van der Waals surface area contributed by atoms with Crippen LogP contribution in [0.15, 0.2) is 0 Å². The summed E-state index contributed by atoms with van der Waals surface area (Å²) in [7, 11) is 1.63. The number of carbonyl (C=O) groups excluding carboxylic acids is 1. The largest absolute Gasteiger partial charge is 0.383 e. The molecule has 0 saturated heterocycles. The van der Waals surface area contributed by atoms with Crippen molar-refractivity contribution in [3.8, 4) is 0 Å². The molecular formula is C9H18ClNO2. The average Bonchev–Trinajstić information content (AvgIpc) is 2.04. The Morgan fingerprint density at radius 3 is 2.54 bits per heavy atom. The van der Waals surface area contributed by atoms with Gasteiger partial charge in [-0.25, -0.2) is 0 Å². The molecule has 0 aliphatic carbocycles. The van der Waals surface area contributed by atoms with Gasteiger partial charge in [0.2, 0.25) is 5.91 Å². The van der Waals surface area contributed by atoms with Crippen LogP contribution in [-0.2, 0) is 9.53 Å². The first kappa shape index (κ1) is 12.7. The molecule has 78 valence electrons. The van der Waals surface area contributed by atoms with Gasteiger partial charge in [-0.3, -0.25) is 4.79 Å². The number of carbonyl (C=O) groups is 1. The molecule has 0 fully saturated rings. The highest BCUT2D eigenvalue weighted by Gasteiger charge is 2.14. The molecule has 0 aliphatic rings. The van der Waals surface area contributed by atoms with Crippen LogP contribution in [0.25, 0.3) is 0 Å². The highest BCUT2D eigenvalue weighted by Crippen LogP contribution is 2.02. The van der Waals surface area contributed by atoms with Gasteiger partial charge in [0.25, 0.3) is 0 Å². The van der Waals surface area contributed by atoms with Gasteiger partial charge in [-0.1, -0.05) is 13.8 Å². The zero-order chi connectivity index (χ0) is 10.3. The van der Waals surface area contributed by atoms with Crippen molar-refractivity contribution in [2.75, 3.05) is 19.6 Å². The summed E-state index contributed by atoms with van der Waals surface area (Å²) in [5.74, 6) is 0.730. The van der Waals surface area contributed by atoms with E-state index in [2.05, 4.69) is 5.32 Å². The Morgan fingerprint density at radius 2 is 2.15 bits per heavy atom. The van der Waals surface area contributed by atoms with Crippen LogP contribution in [0, 0.1) is 5.92 Å². The molecule has 13 heavy (non-hydrogen) atoms. The molecule has 1 N–H and O–H groups in total. The summed E-state index contributed by atoms with van der Waals surface area (Å²) in [6, 6.07) is 0.0840. The lowest BCUT2D eigenvalue weighted by Crippen LogP contribution is -2.41. The Kier molecular flexibility index (Phi) is 7.00. The molecule has 0 bridgehead atoms. The van der Waals surface area contributed by atoms with Crippen molar-refractivity contribution in [3.63, 3.8) is 0 Å². The molecule has 4 heteroatoms. The number of hydrogen-bond acceptors (Lipinski definition) is 2. The number of amides is 1. The first-order valence-corrected chi connectivity index (χ1v) is 4.99. The Labute approximate surface area is 84.8 Å². The van der Waals surface area contributed by atoms with Gasteiger partial charge in [-0.2, -0.15) is 0 Å². The van der Waals surface area contributed by atoms with Crippen molar-refractivity contribution < 1.29 is 9.53 Å². The summed E-state index contributed by atoms with van der Waals surface area (Å²) in [6.07, 6.45) is 0.370. The number of methoxy groups -OCH3 is 1. The van der Waals surface area contributed by atoms with Gasteiger partial charge in [-0.15, -0.1) is 11.6 Å². The second kappa shape index (κ2) is 7.15. The molecular weight excluding hydrogens is 190 g/mol. The van der Waals surface area contributed by atoms with Gasteiger partial charge >= 0.3 is 0 Å². The molecule has 0 radical (unpaired) electrons. The quantitative estimate of drug-likeness (QED) is 0.669. The molecule has 0 spiro atoms. The van der Waals surface area contributed by atoms with Gasteiger partial charge in [0, 0.05) is 19.4 Å². The van der Waals surface area contributed by atoms with Gasteiger partial charge in [-0.05, 0) is 5.92 Å². The third-order valence-electron chi connectivity index (χ3n) is 1.82. The number of rotatable bonds is 6. The van der Waals surface area contributed by atoms with E-state index < -0.39 is 0 Å². The smallest absolute Gasteiger partial charge is 0.221 e. The van der Waals surface area contributed by atoms with Crippen LogP contribution in [-0.4, -0.2) is 31.5 Å². The summed E-state index contributed by atoms with van der Waals surface area (Å²) in [4.78, 5) is 11.2. The van der Waals surface area contributed by atoms with Crippen LogP contribution in [0.4, 0.5) is 0 Å². The van der Waals surface area contributed by atoms with Crippen LogP contribution in [0.5, 0.6) is 0 Å². The molecule has 1 unspecified atom stereocenters. The molecule has 1 atom stereocenters. The van der Waals surface area contributed by atoms with E-state index >= 15 is 0 Å². The van der Waals surface area contributed by atoms with Crippen LogP contribution < -0.4 is 5.32 Å². The predicted octanol–water partition coefficient (Wildman–Crippen LogP) is 1.40. The fraction of sp³-hybridized carbons (Fsp3) is 0.889. The Balaban J connectivity index is 3.86. The molecule has 0 heterocycles. The van der Waals surface area contributed by atoms with Gasteiger partial charge in [0.1, 0.15) is 0 Å². The number of ether oxygens (including phenoxy) is 1. The van der Waals surface area contributed by atoms with Gasteiger partial charge in [0.05, 0.1) is 12.6 Å². The summed E-state index contributed by atoms with van der Waals surface area (Å²) in [5, 5.41) is 2.87. The minimum absolute atomic E-state index is 0.00856. The van der Waals surface area contributed by atoms with Crippen LogP contribution in [0.2, 0.25) is 0 Å². The number of alkyl halides is 1. The second-order valence-corrected chi connectivity index (χ2v) is 3.69. The van der Waals surface area contributed by atoms with Crippen molar-refractivity contribution >= 4 is 17.5 Å². The first-order valence-electron chi connectivity index (χ1n) is 4.46. The lowest BCUT2D eigenvalue weighted by Gasteiger charge is -2.21. The predicted molar refractivity (Wildman–Crippen MR) is 54.0 cm³/mol. The van der Waals surface area contributed by atoms with E-state index in [0.717, 1.165) is 0 Å². The van der Waals surface area contributed by atoms with Crippen LogP contribution in [0.1, 0.15) is 20.3 Å². The maximum atomic E-state index is 11.2. The summed E-state index contributed by atoms with van der Waals surface area (Å²) >= 11 is 5.44. The molecule has 0 aromatic heterocycles. The van der Waals surface area contributed by atoms with Crippen molar-refractivity contribution in [3.05, 3.63) is 0 Å². The molecule has 0 aliphatic heterocycles. The lowest BCUT2D eigenvalue weighted by molar-refractivity contribution is -0.122. The van der Waals surface area contributed by atoms with E-state index in [1.54, 1.807) is 7.11 Å². The first-order chi connectivity index (χ1) is 6.11. The highest BCUT2D eigenvalue weighted by atomic mass is 35.5. The van der Waals surface area contributed by atoms with E-state index in [-0.39, 0.29) is 11.9 Å². The maximum Gasteiger partial charge on any atom is 0.221 e. The highest BCUT2D eigenvalue weighted by molar-refractivity contribution is 6.18. The zero-order valence-corrected chi connectivity index (χ0v) is 9.23. The standard InChI is InChI=1S/C9H18ClNO2/c1-7(2)8(6-13-3)11-9(12)4-5-10/h7-8H,4-6H2,1-3H3,(H,11,12). The Hall–Kier alpha value is -0.280. The summed E-state index contributed by atoms with van der Waals surface area (Å²) in [6.45, 7) is 4.64. The Morgan fingerprint density at radius 1 is 1.54 bits per heavy atom. The molecule has 3 nitrogen and oxygen atoms in total. The van der Waals surface area contributed by atoms with Crippen molar-refractivity contribution in [2.24, 2.45) is 5.92 Å². The number of halogens is 1. The van der Waals surface area contributed by atoms with E-state index in [4.69, 9.17) is 16.3 Å². The monoisotopic (exact) mass is 207 g/mol. The fourth-order valence-corrected chi connectivity index (χ4v) is 1.12. The topological polar surface area (TPSA) is 38.3 Å². The fourth-order valence-electron chi connectivity index (χ4n) is 0.945. The van der Waals surface area contributed by atoms with Crippen LogP contribution in [0.3, 0.4) is 0 Å². The van der Waals surface area contributed by atoms with Crippen molar-refractivity contribution in [2.45, 2.75) is 26.3 Å². The third kappa shape index (κ3) is 5.88. The molecule has 0 aromatic rings. The molecule has 0 aromatic carbocycles. The third-order valence-corrected chi connectivity index (χ3v) is 2.01. The average molecular weight is 208 g/mol. The lowest BCUT2D eigenvalue weighted by atomic mass is 10.1. The van der Waals surface area contributed by atoms with E-state index in [1.165, 1.54) is 0 Å². The second-order valence-electron chi connectivity index (χ2n) is 3.31. The molecule has 1 amide bonds. The molecule has 0 saturated carbocycles.